The van der Waals surface area contributed by atoms with E-state index in [0.717, 1.165) is 26.8 Å². The SMILES string of the molecule is CNC(c1ccc(Br)c(Cl)c1)c1cc2cc(C)ccc2o1. The van der Waals surface area contributed by atoms with Gasteiger partial charge in [0, 0.05) is 9.86 Å². The molecule has 0 aliphatic rings. The van der Waals surface area contributed by atoms with Gasteiger partial charge in [-0.1, -0.05) is 29.3 Å². The minimum absolute atomic E-state index is 0.0247. The number of halogens is 2. The first-order valence-corrected chi connectivity index (χ1v) is 7.88. The summed E-state index contributed by atoms with van der Waals surface area (Å²) in [7, 11) is 1.92. The molecule has 3 aromatic rings. The zero-order valence-electron chi connectivity index (χ0n) is 11.8. The van der Waals surface area contributed by atoms with Crippen LogP contribution in [0.1, 0.15) is 22.9 Å². The third-order valence-electron chi connectivity index (χ3n) is 3.54. The molecule has 0 bridgehead atoms. The summed E-state index contributed by atoms with van der Waals surface area (Å²) in [6.45, 7) is 2.08. The first-order valence-electron chi connectivity index (χ1n) is 6.71. The molecular weight excluding hydrogens is 350 g/mol. The summed E-state index contributed by atoms with van der Waals surface area (Å²) in [6.07, 6.45) is 0. The van der Waals surface area contributed by atoms with Gasteiger partial charge in [-0.2, -0.15) is 0 Å². The Morgan fingerprint density at radius 3 is 2.67 bits per heavy atom. The molecule has 0 aliphatic carbocycles. The van der Waals surface area contributed by atoms with Crippen LogP contribution in [0.15, 0.2) is 51.4 Å². The second-order valence-corrected chi connectivity index (χ2v) is 6.35. The lowest BCUT2D eigenvalue weighted by Crippen LogP contribution is -2.16. The number of furan rings is 1. The highest BCUT2D eigenvalue weighted by Crippen LogP contribution is 2.32. The third-order valence-corrected chi connectivity index (χ3v) is 4.77. The van der Waals surface area contributed by atoms with E-state index in [1.165, 1.54) is 5.56 Å². The van der Waals surface area contributed by atoms with Crippen LogP contribution < -0.4 is 5.32 Å². The molecule has 2 nitrogen and oxygen atoms in total. The van der Waals surface area contributed by atoms with E-state index < -0.39 is 0 Å². The van der Waals surface area contributed by atoms with Crippen LogP contribution in [0.5, 0.6) is 0 Å². The van der Waals surface area contributed by atoms with Gasteiger partial charge in [-0.25, -0.2) is 0 Å². The molecular formula is C17H15BrClNO. The van der Waals surface area contributed by atoms with Gasteiger partial charge in [0.1, 0.15) is 11.3 Å². The molecule has 4 heteroatoms. The molecule has 1 heterocycles. The van der Waals surface area contributed by atoms with E-state index in [2.05, 4.69) is 46.4 Å². The van der Waals surface area contributed by atoms with Crippen LogP contribution in [-0.2, 0) is 0 Å². The smallest absolute Gasteiger partial charge is 0.134 e. The van der Waals surface area contributed by atoms with Crippen molar-refractivity contribution in [2.24, 2.45) is 0 Å². The number of benzene rings is 2. The lowest BCUT2D eigenvalue weighted by molar-refractivity contribution is 0.491. The highest BCUT2D eigenvalue weighted by atomic mass is 79.9. The third kappa shape index (κ3) is 2.86. The van der Waals surface area contributed by atoms with Gasteiger partial charge in [0.05, 0.1) is 11.1 Å². The van der Waals surface area contributed by atoms with Gasteiger partial charge in [-0.3, -0.25) is 0 Å². The molecule has 21 heavy (non-hydrogen) atoms. The van der Waals surface area contributed by atoms with Gasteiger partial charge in [0.15, 0.2) is 0 Å². The molecule has 0 radical (unpaired) electrons. The summed E-state index contributed by atoms with van der Waals surface area (Å²) >= 11 is 9.61. The Labute approximate surface area is 137 Å². The summed E-state index contributed by atoms with van der Waals surface area (Å²) in [5, 5.41) is 5.10. The largest absolute Gasteiger partial charge is 0.459 e. The van der Waals surface area contributed by atoms with Gasteiger partial charge >= 0.3 is 0 Å². The molecule has 0 saturated heterocycles. The Bertz CT molecular complexity index is 797. The molecule has 2 aromatic carbocycles. The second-order valence-electron chi connectivity index (χ2n) is 5.09. The zero-order chi connectivity index (χ0) is 15.0. The lowest BCUT2D eigenvalue weighted by atomic mass is 10.0. The average molecular weight is 365 g/mol. The maximum Gasteiger partial charge on any atom is 0.134 e. The van der Waals surface area contributed by atoms with E-state index in [1.54, 1.807) is 0 Å². The lowest BCUT2D eigenvalue weighted by Gasteiger charge is -2.14. The Kier molecular flexibility index (Phi) is 4.07. The highest BCUT2D eigenvalue weighted by Gasteiger charge is 2.17. The summed E-state index contributed by atoms with van der Waals surface area (Å²) < 4.78 is 6.87. The van der Waals surface area contributed by atoms with Crippen LogP contribution in [0.3, 0.4) is 0 Å². The summed E-state index contributed by atoms with van der Waals surface area (Å²) in [5.74, 6) is 0.886. The van der Waals surface area contributed by atoms with E-state index in [0.29, 0.717) is 5.02 Å². The Balaban J connectivity index is 2.06. The molecule has 0 spiro atoms. The van der Waals surface area contributed by atoms with Crippen molar-refractivity contribution >= 4 is 38.5 Å². The number of rotatable bonds is 3. The summed E-state index contributed by atoms with van der Waals surface area (Å²) in [4.78, 5) is 0. The quantitative estimate of drug-likeness (QED) is 0.667. The normalized spacial score (nSPS) is 12.8. The van der Waals surface area contributed by atoms with Crippen LogP contribution in [0, 0.1) is 6.92 Å². The topological polar surface area (TPSA) is 25.2 Å². The van der Waals surface area contributed by atoms with Crippen molar-refractivity contribution < 1.29 is 4.42 Å². The average Bonchev–Trinajstić information content (AvgIpc) is 2.86. The number of hydrogen-bond donors (Lipinski definition) is 1. The first kappa shape index (κ1) is 14.6. The van der Waals surface area contributed by atoms with E-state index in [4.69, 9.17) is 16.0 Å². The molecule has 0 fully saturated rings. The van der Waals surface area contributed by atoms with Crippen molar-refractivity contribution in [1.29, 1.82) is 0 Å². The van der Waals surface area contributed by atoms with Crippen molar-refractivity contribution in [2.75, 3.05) is 7.05 Å². The van der Waals surface area contributed by atoms with Gasteiger partial charge < -0.3 is 9.73 Å². The maximum absolute atomic E-state index is 6.20. The van der Waals surface area contributed by atoms with E-state index in [9.17, 15) is 0 Å². The van der Waals surface area contributed by atoms with Crippen molar-refractivity contribution in [1.82, 2.24) is 5.32 Å². The molecule has 1 aromatic heterocycles. The zero-order valence-corrected chi connectivity index (χ0v) is 14.1. The van der Waals surface area contributed by atoms with Crippen LogP contribution >= 0.6 is 27.5 Å². The monoisotopic (exact) mass is 363 g/mol. The van der Waals surface area contributed by atoms with E-state index in [1.807, 2.05) is 31.3 Å². The fourth-order valence-corrected chi connectivity index (χ4v) is 2.93. The van der Waals surface area contributed by atoms with Crippen LogP contribution in [0.2, 0.25) is 5.02 Å². The Morgan fingerprint density at radius 1 is 1.14 bits per heavy atom. The molecule has 0 amide bonds. The van der Waals surface area contributed by atoms with E-state index >= 15 is 0 Å². The predicted molar refractivity (Wildman–Crippen MR) is 91.0 cm³/mol. The van der Waals surface area contributed by atoms with Gasteiger partial charge in [0.25, 0.3) is 0 Å². The number of nitrogens with one attached hydrogen (secondary N) is 1. The molecule has 3 rings (SSSR count). The molecule has 1 atom stereocenters. The minimum atomic E-state index is -0.0247. The molecule has 0 saturated carbocycles. The highest BCUT2D eigenvalue weighted by molar-refractivity contribution is 9.10. The fraction of sp³-hybridized carbons (Fsp3) is 0.176. The van der Waals surface area contributed by atoms with Gasteiger partial charge in [-0.05, 0) is 65.8 Å². The van der Waals surface area contributed by atoms with Crippen LogP contribution in [-0.4, -0.2) is 7.05 Å². The standard InChI is InChI=1S/C17H15BrClNO/c1-10-3-6-15-12(7-10)9-16(21-15)17(20-2)11-4-5-13(18)14(19)8-11/h3-9,17,20H,1-2H3. The summed E-state index contributed by atoms with van der Waals surface area (Å²) in [6, 6.07) is 14.2. The van der Waals surface area contributed by atoms with Crippen molar-refractivity contribution in [2.45, 2.75) is 13.0 Å². The fourth-order valence-electron chi connectivity index (χ4n) is 2.49. The minimum Gasteiger partial charge on any atom is -0.459 e. The van der Waals surface area contributed by atoms with Crippen molar-refractivity contribution in [3.8, 4) is 0 Å². The van der Waals surface area contributed by atoms with E-state index in [-0.39, 0.29) is 6.04 Å². The molecule has 1 N–H and O–H groups in total. The van der Waals surface area contributed by atoms with Crippen LogP contribution in [0.4, 0.5) is 0 Å². The number of aryl methyl sites for hydroxylation is 1. The second kappa shape index (κ2) is 5.84. The predicted octanol–water partition coefficient (Wildman–Crippen LogP) is 5.47. The molecule has 0 aliphatic heterocycles. The Morgan fingerprint density at radius 2 is 1.95 bits per heavy atom. The van der Waals surface area contributed by atoms with Crippen molar-refractivity contribution in [3.63, 3.8) is 0 Å². The van der Waals surface area contributed by atoms with Gasteiger partial charge in [-0.15, -0.1) is 0 Å². The molecule has 1 unspecified atom stereocenters. The molecule has 108 valence electrons. The Hall–Kier alpha value is -1.29. The van der Waals surface area contributed by atoms with Crippen molar-refractivity contribution in [3.05, 3.63) is 68.8 Å². The first-order chi connectivity index (χ1) is 10.1. The summed E-state index contributed by atoms with van der Waals surface area (Å²) in [5.41, 5.74) is 3.20. The van der Waals surface area contributed by atoms with Crippen LogP contribution in [0.25, 0.3) is 11.0 Å². The maximum atomic E-state index is 6.20. The van der Waals surface area contributed by atoms with Gasteiger partial charge in [0.2, 0.25) is 0 Å². The number of fused-ring (bicyclic) bond motifs is 1. The number of hydrogen-bond acceptors (Lipinski definition) is 2.